The molecule has 0 saturated carbocycles. The van der Waals surface area contributed by atoms with Gasteiger partial charge in [-0.3, -0.25) is 19.4 Å². The van der Waals surface area contributed by atoms with E-state index >= 15 is 0 Å². The molecule has 0 unspecified atom stereocenters. The molecule has 2 heterocycles. The number of anilines is 1. The standard InChI is InChI=1S/C19H13Cl2N5O4/c1-26-19(29)11-5-3-2-4-10(11)18(25-26)30-15-12(20)6-9(7-13(15)21)23-17(28)16-22-8-14(27)24-16/h2-7H,8H2,1H3,(H,23,28)(H,22,24,27). The zero-order chi connectivity index (χ0) is 21.4. The molecule has 0 aliphatic carbocycles. The summed E-state index contributed by atoms with van der Waals surface area (Å²) >= 11 is 12.6. The van der Waals surface area contributed by atoms with Crippen molar-refractivity contribution in [3.63, 3.8) is 0 Å². The summed E-state index contributed by atoms with van der Waals surface area (Å²) in [4.78, 5) is 39.4. The lowest BCUT2D eigenvalue weighted by Crippen LogP contribution is -2.34. The average Bonchev–Trinajstić information content (AvgIpc) is 3.15. The van der Waals surface area contributed by atoms with E-state index in [2.05, 4.69) is 20.7 Å². The Kier molecular flexibility index (Phi) is 5.15. The Bertz CT molecular complexity index is 1280. The van der Waals surface area contributed by atoms with Gasteiger partial charge in [-0.05, 0) is 24.3 Å². The molecule has 1 aliphatic rings. The Hall–Kier alpha value is -3.43. The van der Waals surface area contributed by atoms with Crippen LogP contribution in [0.15, 0.2) is 46.2 Å². The van der Waals surface area contributed by atoms with Crippen molar-refractivity contribution in [2.45, 2.75) is 0 Å². The molecule has 0 atom stereocenters. The normalized spacial score (nSPS) is 13.2. The lowest BCUT2D eigenvalue weighted by atomic mass is 10.2. The van der Waals surface area contributed by atoms with Gasteiger partial charge in [0, 0.05) is 12.7 Å². The number of hydrogen-bond donors (Lipinski definition) is 2. The van der Waals surface area contributed by atoms with Gasteiger partial charge in [0.25, 0.3) is 11.5 Å². The summed E-state index contributed by atoms with van der Waals surface area (Å²) < 4.78 is 6.99. The maximum absolute atomic E-state index is 12.3. The molecule has 2 aromatic carbocycles. The fraction of sp³-hybridized carbons (Fsp3) is 0.105. The number of aryl methyl sites for hydroxylation is 1. The molecule has 0 fully saturated rings. The van der Waals surface area contributed by atoms with Gasteiger partial charge in [0.1, 0.15) is 6.54 Å². The van der Waals surface area contributed by atoms with Gasteiger partial charge in [0.2, 0.25) is 11.8 Å². The molecule has 152 valence electrons. The van der Waals surface area contributed by atoms with Crippen LogP contribution in [0.2, 0.25) is 10.0 Å². The summed E-state index contributed by atoms with van der Waals surface area (Å²) in [6, 6.07) is 9.72. The molecule has 4 rings (SSSR count). The second-order valence-corrected chi connectivity index (χ2v) is 7.13. The van der Waals surface area contributed by atoms with Crippen molar-refractivity contribution in [1.82, 2.24) is 15.1 Å². The highest BCUT2D eigenvalue weighted by Crippen LogP contribution is 2.39. The summed E-state index contributed by atoms with van der Waals surface area (Å²) in [6.07, 6.45) is 0. The number of hydrogen-bond acceptors (Lipinski definition) is 6. The number of aliphatic imine (C=N–C) groups is 1. The molecule has 0 saturated heterocycles. The topological polar surface area (TPSA) is 115 Å². The summed E-state index contributed by atoms with van der Waals surface area (Å²) in [5, 5.41) is 10.2. The van der Waals surface area contributed by atoms with Gasteiger partial charge < -0.3 is 15.4 Å². The molecule has 9 nitrogen and oxygen atoms in total. The van der Waals surface area contributed by atoms with Gasteiger partial charge in [0.15, 0.2) is 11.6 Å². The molecule has 3 aromatic rings. The van der Waals surface area contributed by atoms with Crippen LogP contribution in [0.1, 0.15) is 0 Å². The van der Waals surface area contributed by atoms with Crippen LogP contribution in [0.25, 0.3) is 10.8 Å². The van der Waals surface area contributed by atoms with Crippen molar-refractivity contribution in [1.29, 1.82) is 0 Å². The van der Waals surface area contributed by atoms with E-state index in [-0.39, 0.29) is 51.2 Å². The van der Waals surface area contributed by atoms with E-state index in [0.717, 1.165) is 4.68 Å². The second kappa shape index (κ2) is 7.77. The average molecular weight is 446 g/mol. The SMILES string of the molecule is Cn1nc(Oc2c(Cl)cc(NC(=O)C3=NCC(=O)N3)cc2Cl)c2ccccc2c1=O. The number of nitrogens with zero attached hydrogens (tertiary/aromatic N) is 3. The monoisotopic (exact) mass is 445 g/mol. The van der Waals surface area contributed by atoms with Crippen LogP contribution in [0, 0.1) is 0 Å². The van der Waals surface area contributed by atoms with Crippen LogP contribution >= 0.6 is 23.2 Å². The fourth-order valence-electron chi connectivity index (χ4n) is 2.85. The quantitative estimate of drug-likeness (QED) is 0.639. The molecule has 11 heteroatoms. The lowest BCUT2D eigenvalue weighted by molar-refractivity contribution is -0.118. The molecule has 0 bridgehead atoms. The third-order valence-electron chi connectivity index (χ3n) is 4.23. The first-order chi connectivity index (χ1) is 14.3. The largest absolute Gasteiger partial charge is 0.434 e. The number of benzene rings is 2. The number of aromatic nitrogens is 2. The highest BCUT2D eigenvalue weighted by molar-refractivity contribution is 6.46. The van der Waals surface area contributed by atoms with Crippen molar-refractivity contribution in [2.24, 2.45) is 12.0 Å². The van der Waals surface area contributed by atoms with Crippen molar-refractivity contribution in [2.75, 3.05) is 11.9 Å². The van der Waals surface area contributed by atoms with Gasteiger partial charge in [-0.25, -0.2) is 4.68 Å². The van der Waals surface area contributed by atoms with Crippen LogP contribution in [0.4, 0.5) is 5.69 Å². The van der Waals surface area contributed by atoms with Gasteiger partial charge in [-0.2, -0.15) is 0 Å². The van der Waals surface area contributed by atoms with Crippen LogP contribution in [-0.4, -0.2) is 34.0 Å². The van der Waals surface area contributed by atoms with Crippen LogP contribution < -0.4 is 20.9 Å². The van der Waals surface area contributed by atoms with E-state index in [9.17, 15) is 14.4 Å². The molecule has 1 aliphatic heterocycles. The molecule has 0 spiro atoms. The first-order valence-electron chi connectivity index (χ1n) is 8.62. The maximum Gasteiger partial charge on any atom is 0.291 e. The summed E-state index contributed by atoms with van der Waals surface area (Å²) in [5.74, 6) is -0.798. The number of fused-ring (bicyclic) bond motifs is 1. The number of nitrogens with one attached hydrogen (secondary N) is 2. The summed E-state index contributed by atoms with van der Waals surface area (Å²) in [5.41, 5.74) is 0.0135. The van der Waals surface area contributed by atoms with Gasteiger partial charge in [-0.1, -0.05) is 35.3 Å². The number of rotatable bonds is 4. The number of amides is 2. The number of carbonyl (C=O) groups excluding carboxylic acids is 2. The Morgan fingerprint density at radius 1 is 1.17 bits per heavy atom. The molecule has 0 radical (unpaired) electrons. The maximum atomic E-state index is 12.3. The van der Waals surface area contributed by atoms with E-state index in [0.29, 0.717) is 10.8 Å². The van der Waals surface area contributed by atoms with Crippen molar-refractivity contribution >= 4 is 57.3 Å². The molecular weight excluding hydrogens is 433 g/mol. The van der Waals surface area contributed by atoms with E-state index in [4.69, 9.17) is 27.9 Å². The van der Waals surface area contributed by atoms with Gasteiger partial charge in [-0.15, -0.1) is 5.10 Å². The fourth-order valence-corrected chi connectivity index (χ4v) is 3.41. The highest BCUT2D eigenvalue weighted by atomic mass is 35.5. The first-order valence-corrected chi connectivity index (χ1v) is 9.37. The Morgan fingerprint density at radius 2 is 1.83 bits per heavy atom. The summed E-state index contributed by atoms with van der Waals surface area (Å²) in [7, 11) is 1.51. The van der Waals surface area contributed by atoms with Crippen molar-refractivity contribution in [3.8, 4) is 11.6 Å². The molecular formula is C19H13Cl2N5O4. The van der Waals surface area contributed by atoms with Crippen LogP contribution in [0.3, 0.4) is 0 Å². The number of amidine groups is 1. The van der Waals surface area contributed by atoms with Gasteiger partial charge in [0.05, 0.1) is 20.8 Å². The van der Waals surface area contributed by atoms with Gasteiger partial charge >= 0.3 is 0 Å². The first kappa shape index (κ1) is 19.9. The summed E-state index contributed by atoms with van der Waals surface area (Å²) in [6.45, 7) is -0.0996. The van der Waals surface area contributed by atoms with E-state index in [1.807, 2.05) is 0 Å². The Balaban J connectivity index is 1.65. The zero-order valence-electron chi connectivity index (χ0n) is 15.4. The third kappa shape index (κ3) is 3.72. The van der Waals surface area contributed by atoms with E-state index in [1.54, 1.807) is 24.3 Å². The molecule has 2 N–H and O–H groups in total. The number of halogens is 2. The minimum Gasteiger partial charge on any atom is -0.434 e. The second-order valence-electron chi connectivity index (χ2n) is 6.32. The molecule has 2 amide bonds. The smallest absolute Gasteiger partial charge is 0.291 e. The van der Waals surface area contributed by atoms with Crippen LogP contribution in [-0.2, 0) is 16.6 Å². The van der Waals surface area contributed by atoms with Crippen molar-refractivity contribution in [3.05, 3.63) is 56.8 Å². The van der Waals surface area contributed by atoms with E-state index < -0.39 is 5.91 Å². The minimum absolute atomic E-state index is 0.0894. The van der Waals surface area contributed by atoms with Crippen LogP contribution in [0.5, 0.6) is 11.6 Å². The zero-order valence-corrected chi connectivity index (χ0v) is 16.9. The van der Waals surface area contributed by atoms with E-state index in [1.165, 1.54) is 19.2 Å². The third-order valence-corrected chi connectivity index (χ3v) is 4.79. The minimum atomic E-state index is -0.604. The number of ether oxygens (including phenoxy) is 1. The highest BCUT2D eigenvalue weighted by Gasteiger charge is 2.21. The Morgan fingerprint density at radius 3 is 2.47 bits per heavy atom. The predicted molar refractivity (Wildman–Crippen MR) is 113 cm³/mol. The predicted octanol–water partition coefficient (Wildman–Crippen LogP) is 2.50. The Labute approximate surface area is 179 Å². The van der Waals surface area contributed by atoms with Crippen molar-refractivity contribution < 1.29 is 14.3 Å². The lowest BCUT2D eigenvalue weighted by Gasteiger charge is -2.13. The number of carbonyl (C=O) groups is 2. The molecule has 30 heavy (non-hydrogen) atoms. The molecule has 1 aromatic heterocycles.